The van der Waals surface area contributed by atoms with Gasteiger partial charge >= 0.3 is 0 Å². The third-order valence-corrected chi connectivity index (χ3v) is 4.77. The molecule has 118 valence electrons. The fourth-order valence-corrected chi connectivity index (χ4v) is 3.04. The number of hydrogen-bond donors (Lipinski definition) is 1. The van der Waals surface area contributed by atoms with Crippen LogP contribution in [0.5, 0.6) is 5.75 Å². The number of benzene rings is 1. The highest BCUT2D eigenvalue weighted by Gasteiger charge is 2.48. The van der Waals surface area contributed by atoms with Gasteiger partial charge in [0.25, 0.3) is 0 Å². The summed E-state index contributed by atoms with van der Waals surface area (Å²) in [5.74, 6) is 0.955. The quantitative estimate of drug-likeness (QED) is 0.825. The number of rotatable bonds is 7. The lowest BCUT2D eigenvalue weighted by Gasteiger charge is -2.52. The monoisotopic (exact) mass is 291 g/mol. The maximum Gasteiger partial charge on any atom is 0.119 e. The Morgan fingerprint density at radius 3 is 2.48 bits per heavy atom. The van der Waals surface area contributed by atoms with Crippen molar-refractivity contribution >= 4 is 0 Å². The van der Waals surface area contributed by atoms with Crippen molar-refractivity contribution in [1.29, 1.82) is 0 Å². The molecule has 0 bridgehead atoms. The molecule has 1 aliphatic carbocycles. The van der Waals surface area contributed by atoms with Crippen molar-refractivity contribution in [3.63, 3.8) is 0 Å². The lowest BCUT2D eigenvalue weighted by atomic mass is 9.64. The number of ether oxygens (including phenoxy) is 2. The molecule has 3 heteroatoms. The minimum Gasteiger partial charge on any atom is -0.494 e. The van der Waals surface area contributed by atoms with Crippen molar-refractivity contribution in [2.45, 2.75) is 58.7 Å². The molecular weight excluding hydrogens is 262 g/mol. The normalized spacial score (nSPS) is 25.2. The van der Waals surface area contributed by atoms with E-state index in [0.717, 1.165) is 25.2 Å². The molecule has 1 aromatic carbocycles. The fraction of sp³-hybridized carbons (Fsp3) is 0.667. The average molecular weight is 291 g/mol. The topological polar surface area (TPSA) is 30.5 Å². The van der Waals surface area contributed by atoms with E-state index in [2.05, 4.69) is 57.3 Å². The molecule has 0 spiro atoms. The van der Waals surface area contributed by atoms with Gasteiger partial charge in [0, 0.05) is 24.6 Å². The Morgan fingerprint density at radius 1 is 1.29 bits per heavy atom. The first-order valence-corrected chi connectivity index (χ1v) is 8.00. The second-order valence-electron chi connectivity index (χ2n) is 6.64. The van der Waals surface area contributed by atoms with E-state index in [1.54, 1.807) is 7.11 Å². The molecular formula is C18H29NO2. The zero-order valence-electron chi connectivity index (χ0n) is 14.0. The van der Waals surface area contributed by atoms with Gasteiger partial charge in [-0.2, -0.15) is 0 Å². The van der Waals surface area contributed by atoms with Gasteiger partial charge in [-0.1, -0.05) is 32.9 Å². The average Bonchev–Trinajstić information content (AvgIpc) is 2.49. The largest absolute Gasteiger partial charge is 0.494 e. The molecule has 3 nitrogen and oxygen atoms in total. The van der Waals surface area contributed by atoms with E-state index in [4.69, 9.17) is 9.47 Å². The highest BCUT2D eigenvalue weighted by Crippen LogP contribution is 2.43. The standard InChI is InChI=1S/C18H29NO2/c1-6-11-21-15-9-7-14(8-10-15)13(2)19-16-12-17(20-5)18(16,3)4/h7-10,13,16-17,19H,6,11-12H2,1-5H3. The van der Waals surface area contributed by atoms with Gasteiger partial charge in [-0.15, -0.1) is 0 Å². The van der Waals surface area contributed by atoms with Gasteiger partial charge in [0.1, 0.15) is 5.75 Å². The Bertz CT molecular complexity index is 441. The number of nitrogens with one attached hydrogen (secondary N) is 1. The lowest BCUT2D eigenvalue weighted by molar-refractivity contribution is -0.0999. The summed E-state index contributed by atoms with van der Waals surface area (Å²) in [6.45, 7) is 9.67. The zero-order valence-corrected chi connectivity index (χ0v) is 14.0. The summed E-state index contributed by atoms with van der Waals surface area (Å²) in [6, 6.07) is 9.28. The minimum absolute atomic E-state index is 0.202. The van der Waals surface area contributed by atoms with Gasteiger partial charge < -0.3 is 14.8 Å². The summed E-state index contributed by atoms with van der Waals surface area (Å²) in [7, 11) is 1.81. The van der Waals surface area contributed by atoms with Crippen LogP contribution in [-0.4, -0.2) is 25.9 Å². The van der Waals surface area contributed by atoms with Crippen LogP contribution in [0.1, 0.15) is 52.1 Å². The van der Waals surface area contributed by atoms with Crippen LogP contribution in [0.2, 0.25) is 0 Å². The Morgan fingerprint density at radius 2 is 1.95 bits per heavy atom. The number of methoxy groups -OCH3 is 1. The van der Waals surface area contributed by atoms with Crippen molar-refractivity contribution in [2.24, 2.45) is 5.41 Å². The lowest BCUT2D eigenvalue weighted by Crippen LogP contribution is -2.60. The van der Waals surface area contributed by atoms with Gasteiger partial charge in [-0.05, 0) is 37.5 Å². The second kappa shape index (κ2) is 6.80. The van der Waals surface area contributed by atoms with Crippen LogP contribution in [0.25, 0.3) is 0 Å². The van der Waals surface area contributed by atoms with Crippen LogP contribution < -0.4 is 10.1 Å². The molecule has 0 amide bonds. The Hall–Kier alpha value is -1.06. The van der Waals surface area contributed by atoms with Crippen LogP contribution in [0.3, 0.4) is 0 Å². The molecule has 0 aliphatic heterocycles. The van der Waals surface area contributed by atoms with Crippen molar-refractivity contribution in [3.8, 4) is 5.75 Å². The predicted molar refractivity (Wildman–Crippen MR) is 86.8 cm³/mol. The summed E-state index contributed by atoms with van der Waals surface area (Å²) >= 11 is 0. The van der Waals surface area contributed by atoms with E-state index in [-0.39, 0.29) is 5.41 Å². The SMILES string of the molecule is CCCOc1ccc(C(C)NC2CC(OC)C2(C)C)cc1. The molecule has 0 aromatic heterocycles. The molecule has 1 saturated carbocycles. The van der Waals surface area contributed by atoms with Crippen molar-refractivity contribution in [2.75, 3.05) is 13.7 Å². The first-order valence-electron chi connectivity index (χ1n) is 8.00. The number of hydrogen-bond acceptors (Lipinski definition) is 3. The summed E-state index contributed by atoms with van der Waals surface area (Å²) in [6.07, 6.45) is 2.50. The fourth-order valence-electron chi connectivity index (χ4n) is 3.04. The highest BCUT2D eigenvalue weighted by molar-refractivity contribution is 5.29. The third-order valence-electron chi connectivity index (χ3n) is 4.77. The minimum atomic E-state index is 0.202. The smallest absolute Gasteiger partial charge is 0.119 e. The van der Waals surface area contributed by atoms with Gasteiger partial charge in [-0.25, -0.2) is 0 Å². The molecule has 0 heterocycles. The molecule has 1 aliphatic rings. The van der Waals surface area contributed by atoms with Crippen molar-refractivity contribution < 1.29 is 9.47 Å². The predicted octanol–water partition coefficient (Wildman–Crippen LogP) is 3.94. The second-order valence-corrected chi connectivity index (χ2v) is 6.64. The summed E-state index contributed by atoms with van der Waals surface area (Å²) in [5.41, 5.74) is 1.50. The highest BCUT2D eigenvalue weighted by atomic mass is 16.5. The maximum atomic E-state index is 5.63. The molecule has 0 radical (unpaired) electrons. The summed E-state index contributed by atoms with van der Waals surface area (Å²) < 4.78 is 11.1. The molecule has 0 saturated heterocycles. The van der Waals surface area contributed by atoms with Crippen LogP contribution in [0, 0.1) is 5.41 Å². The molecule has 1 N–H and O–H groups in total. The van der Waals surface area contributed by atoms with Crippen LogP contribution in [-0.2, 0) is 4.74 Å². The summed E-state index contributed by atoms with van der Waals surface area (Å²) in [4.78, 5) is 0. The van der Waals surface area contributed by atoms with E-state index < -0.39 is 0 Å². The Balaban J connectivity index is 1.90. The Kier molecular flexibility index (Phi) is 5.28. The van der Waals surface area contributed by atoms with E-state index in [1.165, 1.54) is 5.56 Å². The van der Waals surface area contributed by atoms with Gasteiger partial charge in [0.15, 0.2) is 0 Å². The molecule has 3 atom stereocenters. The molecule has 21 heavy (non-hydrogen) atoms. The van der Waals surface area contributed by atoms with E-state index in [9.17, 15) is 0 Å². The van der Waals surface area contributed by atoms with Gasteiger partial charge in [0.2, 0.25) is 0 Å². The Labute approximate surface area is 129 Å². The first kappa shape index (κ1) is 16.3. The van der Waals surface area contributed by atoms with E-state index in [0.29, 0.717) is 18.2 Å². The molecule has 3 unspecified atom stereocenters. The summed E-state index contributed by atoms with van der Waals surface area (Å²) in [5, 5.41) is 3.73. The molecule has 1 aromatic rings. The van der Waals surface area contributed by atoms with Gasteiger partial charge in [0.05, 0.1) is 12.7 Å². The van der Waals surface area contributed by atoms with Crippen LogP contribution >= 0.6 is 0 Å². The van der Waals surface area contributed by atoms with Gasteiger partial charge in [-0.3, -0.25) is 0 Å². The van der Waals surface area contributed by atoms with E-state index in [1.807, 2.05) is 0 Å². The van der Waals surface area contributed by atoms with Crippen LogP contribution in [0.15, 0.2) is 24.3 Å². The molecule has 2 rings (SSSR count). The van der Waals surface area contributed by atoms with E-state index >= 15 is 0 Å². The zero-order chi connectivity index (χ0) is 15.5. The third kappa shape index (κ3) is 3.58. The van der Waals surface area contributed by atoms with Crippen LogP contribution in [0.4, 0.5) is 0 Å². The van der Waals surface area contributed by atoms with Crippen molar-refractivity contribution in [3.05, 3.63) is 29.8 Å². The maximum absolute atomic E-state index is 5.63. The molecule has 1 fully saturated rings. The van der Waals surface area contributed by atoms with Crippen molar-refractivity contribution in [1.82, 2.24) is 5.32 Å². The first-order chi connectivity index (χ1) is 9.98.